The zero-order valence-corrected chi connectivity index (χ0v) is 15.9. The van der Waals surface area contributed by atoms with Crippen molar-refractivity contribution >= 4 is 23.2 Å². The highest BCUT2D eigenvalue weighted by molar-refractivity contribution is 7.91. The average molecular weight is 362 g/mol. The molecule has 0 radical (unpaired) electrons. The SMILES string of the molecule is CC(C)(C)[S+]([O-])N=C1CC2CCC(Cc3ccccc3)(C1)N2C(=O)O. The van der Waals surface area contributed by atoms with Gasteiger partial charge in [0.25, 0.3) is 0 Å². The van der Waals surface area contributed by atoms with Crippen molar-refractivity contribution in [3.8, 4) is 0 Å². The van der Waals surface area contributed by atoms with Crippen LogP contribution in [0.4, 0.5) is 4.79 Å². The Morgan fingerprint density at radius 2 is 2.08 bits per heavy atom. The highest BCUT2D eigenvalue weighted by atomic mass is 32.2. The highest BCUT2D eigenvalue weighted by Crippen LogP contribution is 2.45. The van der Waals surface area contributed by atoms with Crippen molar-refractivity contribution < 1.29 is 14.5 Å². The zero-order chi connectivity index (χ0) is 18.2. The van der Waals surface area contributed by atoms with Gasteiger partial charge < -0.3 is 9.66 Å². The molecular formula is C19H26N2O3S. The summed E-state index contributed by atoms with van der Waals surface area (Å²) in [7, 11) is 0. The van der Waals surface area contributed by atoms with Crippen molar-refractivity contribution in [1.82, 2.24) is 4.90 Å². The molecule has 2 aliphatic heterocycles. The second kappa shape index (κ2) is 6.65. The molecule has 2 saturated heterocycles. The molecule has 1 N–H and O–H groups in total. The molecular weight excluding hydrogens is 336 g/mol. The van der Waals surface area contributed by atoms with Crippen LogP contribution in [0.5, 0.6) is 0 Å². The van der Waals surface area contributed by atoms with Gasteiger partial charge in [0.05, 0.1) is 11.3 Å². The van der Waals surface area contributed by atoms with Crippen molar-refractivity contribution in [3.63, 3.8) is 0 Å². The summed E-state index contributed by atoms with van der Waals surface area (Å²) in [4.78, 5) is 13.6. The van der Waals surface area contributed by atoms with E-state index in [2.05, 4.69) is 4.40 Å². The predicted molar refractivity (Wildman–Crippen MR) is 100 cm³/mol. The molecule has 1 aromatic rings. The molecule has 0 spiro atoms. The normalized spacial score (nSPS) is 29.0. The second-order valence-electron chi connectivity index (χ2n) is 8.13. The van der Waals surface area contributed by atoms with Crippen LogP contribution in [0.25, 0.3) is 0 Å². The topological polar surface area (TPSA) is 76.0 Å². The maximum atomic E-state index is 12.4. The number of benzene rings is 1. The van der Waals surface area contributed by atoms with E-state index >= 15 is 0 Å². The largest absolute Gasteiger partial charge is 0.591 e. The smallest absolute Gasteiger partial charge is 0.408 e. The molecule has 1 aromatic carbocycles. The first-order chi connectivity index (χ1) is 11.7. The standard InChI is InChI=1S/C19H26N2O3S/c1-18(2,3)25(24)20-15-11-16-9-10-19(13-15,21(16)17(22)23)12-14-7-5-4-6-8-14/h4-8,16H,9-13H2,1-3H3,(H,22,23). The Bertz CT molecular complexity index is 671. The molecule has 2 fully saturated rings. The summed E-state index contributed by atoms with van der Waals surface area (Å²) < 4.78 is 16.5. The molecule has 3 unspecified atom stereocenters. The zero-order valence-electron chi connectivity index (χ0n) is 15.1. The van der Waals surface area contributed by atoms with Gasteiger partial charge in [-0.25, -0.2) is 4.79 Å². The Balaban J connectivity index is 1.91. The van der Waals surface area contributed by atoms with Gasteiger partial charge in [-0.1, -0.05) is 34.7 Å². The summed E-state index contributed by atoms with van der Waals surface area (Å²) in [5, 5.41) is 9.79. The Morgan fingerprint density at radius 1 is 1.40 bits per heavy atom. The van der Waals surface area contributed by atoms with Crippen molar-refractivity contribution in [2.75, 3.05) is 0 Å². The van der Waals surface area contributed by atoms with E-state index in [0.29, 0.717) is 19.3 Å². The number of carbonyl (C=O) groups is 1. The number of rotatable bonds is 3. The molecule has 2 aliphatic rings. The van der Waals surface area contributed by atoms with Crippen LogP contribution >= 0.6 is 0 Å². The van der Waals surface area contributed by atoms with E-state index in [1.165, 1.54) is 0 Å². The Hall–Kier alpha value is -1.53. The van der Waals surface area contributed by atoms with Crippen molar-refractivity contribution in [1.29, 1.82) is 0 Å². The predicted octanol–water partition coefficient (Wildman–Crippen LogP) is 3.81. The van der Waals surface area contributed by atoms with Crippen molar-refractivity contribution in [2.24, 2.45) is 4.40 Å². The van der Waals surface area contributed by atoms with Crippen molar-refractivity contribution in [3.05, 3.63) is 35.9 Å². The van der Waals surface area contributed by atoms with Crippen LogP contribution in [0.3, 0.4) is 0 Å². The lowest BCUT2D eigenvalue weighted by molar-refractivity contribution is 0.0767. The van der Waals surface area contributed by atoms with Gasteiger partial charge in [0.1, 0.15) is 16.1 Å². The molecule has 3 atom stereocenters. The van der Waals surface area contributed by atoms with Gasteiger partial charge in [0.15, 0.2) is 0 Å². The number of hydrogen-bond donors (Lipinski definition) is 1. The fourth-order valence-electron chi connectivity index (χ4n) is 4.06. The summed E-state index contributed by atoms with van der Waals surface area (Å²) in [6, 6.07) is 9.97. The molecule has 136 valence electrons. The third-order valence-electron chi connectivity index (χ3n) is 5.14. The Morgan fingerprint density at radius 3 is 2.68 bits per heavy atom. The van der Waals surface area contributed by atoms with Crippen LogP contribution in [-0.4, -0.2) is 42.7 Å². The minimum absolute atomic E-state index is 0.0503. The molecule has 2 bridgehead atoms. The van der Waals surface area contributed by atoms with Crippen LogP contribution in [-0.2, 0) is 17.8 Å². The molecule has 1 amide bonds. The summed E-state index contributed by atoms with van der Waals surface area (Å²) in [5.41, 5.74) is 1.58. The number of nitrogens with zero attached hydrogens (tertiary/aromatic N) is 2. The van der Waals surface area contributed by atoms with Crippen LogP contribution < -0.4 is 0 Å². The quantitative estimate of drug-likeness (QED) is 0.831. The van der Waals surface area contributed by atoms with E-state index in [0.717, 1.165) is 24.1 Å². The first kappa shape index (κ1) is 18.3. The number of amides is 1. The molecule has 25 heavy (non-hydrogen) atoms. The lowest BCUT2D eigenvalue weighted by Crippen LogP contribution is -2.56. The molecule has 5 nitrogen and oxygen atoms in total. The maximum Gasteiger partial charge on any atom is 0.408 e. The minimum atomic E-state index is -1.30. The Labute approximate surface area is 152 Å². The molecule has 6 heteroatoms. The Kier molecular flexibility index (Phi) is 4.86. The van der Waals surface area contributed by atoms with Gasteiger partial charge in [-0.3, -0.25) is 4.90 Å². The highest BCUT2D eigenvalue weighted by Gasteiger charge is 2.53. The van der Waals surface area contributed by atoms with Gasteiger partial charge in [0.2, 0.25) is 0 Å². The second-order valence-corrected chi connectivity index (χ2v) is 10.0. The number of carboxylic acid groups (broad SMARTS) is 1. The monoisotopic (exact) mass is 362 g/mol. The molecule has 3 rings (SSSR count). The summed E-state index contributed by atoms with van der Waals surface area (Å²) >= 11 is -1.30. The number of piperidine rings is 1. The summed E-state index contributed by atoms with van der Waals surface area (Å²) in [6.07, 6.45) is 2.68. The number of hydrogen-bond acceptors (Lipinski definition) is 3. The minimum Gasteiger partial charge on any atom is -0.591 e. The third-order valence-corrected chi connectivity index (χ3v) is 6.61. The first-order valence-corrected chi connectivity index (χ1v) is 9.87. The van der Waals surface area contributed by atoms with E-state index < -0.39 is 27.7 Å². The lowest BCUT2D eigenvalue weighted by Gasteiger charge is -2.43. The average Bonchev–Trinajstić information content (AvgIpc) is 2.75. The van der Waals surface area contributed by atoms with Gasteiger partial charge in [-0.05, 0) is 45.6 Å². The van der Waals surface area contributed by atoms with E-state index in [9.17, 15) is 14.5 Å². The molecule has 0 saturated carbocycles. The lowest BCUT2D eigenvalue weighted by atomic mass is 9.82. The summed E-state index contributed by atoms with van der Waals surface area (Å²) in [6.45, 7) is 5.73. The third kappa shape index (κ3) is 3.70. The summed E-state index contributed by atoms with van der Waals surface area (Å²) in [5.74, 6) is 0. The van der Waals surface area contributed by atoms with Crippen LogP contribution in [0.2, 0.25) is 0 Å². The van der Waals surface area contributed by atoms with Crippen molar-refractivity contribution in [2.45, 2.75) is 69.2 Å². The van der Waals surface area contributed by atoms with E-state index in [4.69, 9.17) is 0 Å². The van der Waals surface area contributed by atoms with Gasteiger partial charge in [0, 0.05) is 18.9 Å². The van der Waals surface area contributed by atoms with Crippen LogP contribution in [0, 0.1) is 0 Å². The van der Waals surface area contributed by atoms with E-state index in [-0.39, 0.29) is 6.04 Å². The maximum absolute atomic E-state index is 12.4. The fraction of sp³-hybridized carbons (Fsp3) is 0.579. The van der Waals surface area contributed by atoms with Gasteiger partial charge in [-0.2, -0.15) is 0 Å². The molecule has 0 aliphatic carbocycles. The van der Waals surface area contributed by atoms with E-state index in [1.807, 2.05) is 51.1 Å². The van der Waals surface area contributed by atoms with Gasteiger partial charge >= 0.3 is 6.09 Å². The first-order valence-electron chi connectivity index (χ1n) is 8.76. The molecule has 2 heterocycles. The molecule has 0 aromatic heterocycles. The van der Waals surface area contributed by atoms with E-state index in [1.54, 1.807) is 4.90 Å². The van der Waals surface area contributed by atoms with Crippen LogP contribution in [0.1, 0.15) is 52.0 Å². The van der Waals surface area contributed by atoms with Gasteiger partial charge in [-0.15, -0.1) is 0 Å². The number of fused-ring (bicyclic) bond motifs is 2. The fourth-order valence-corrected chi connectivity index (χ4v) is 4.71. The van der Waals surface area contributed by atoms with Crippen LogP contribution in [0.15, 0.2) is 34.7 Å².